The van der Waals surface area contributed by atoms with Crippen molar-refractivity contribution in [3.63, 3.8) is 0 Å². The first-order valence-electron chi connectivity index (χ1n) is 9.95. The molecule has 0 saturated heterocycles. The summed E-state index contributed by atoms with van der Waals surface area (Å²) in [5.41, 5.74) is 1.62. The van der Waals surface area contributed by atoms with Gasteiger partial charge in [-0.3, -0.25) is 4.79 Å². The van der Waals surface area contributed by atoms with Gasteiger partial charge in [0.25, 0.3) is 0 Å². The predicted octanol–water partition coefficient (Wildman–Crippen LogP) is 6.79. The van der Waals surface area contributed by atoms with Crippen LogP contribution in [0, 0.1) is 11.8 Å². The maximum Gasteiger partial charge on any atom is 0.235 e. The van der Waals surface area contributed by atoms with Crippen LogP contribution in [0.5, 0.6) is 0 Å². The molecule has 0 bridgehead atoms. The summed E-state index contributed by atoms with van der Waals surface area (Å²) in [5.74, 6) is 5.83. The SMILES string of the molecule is CC(C)(C)[Si](C)(C)OC(C#CC(=O)c1ccccc1)c1cccc2ccccc12. The van der Waals surface area contributed by atoms with Crippen LogP contribution in [0.15, 0.2) is 72.8 Å². The molecule has 0 saturated carbocycles. The van der Waals surface area contributed by atoms with Gasteiger partial charge in [0.2, 0.25) is 5.78 Å². The van der Waals surface area contributed by atoms with Gasteiger partial charge in [0.15, 0.2) is 8.32 Å². The smallest absolute Gasteiger partial charge is 0.235 e. The molecule has 3 heteroatoms. The molecule has 0 spiro atoms. The zero-order chi connectivity index (χ0) is 21.1. The van der Waals surface area contributed by atoms with E-state index in [1.54, 1.807) is 12.1 Å². The van der Waals surface area contributed by atoms with Gasteiger partial charge in [-0.05, 0) is 40.4 Å². The number of rotatable bonds is 4. The van der Waals surface area contributed by atoms with Crippen molar-refractivity contribution in [3.8, 4) is 11.8 Å². The van der Waals surface area contributed by atoms with Crippen molar-refractivity contribution >= 4 is 24.9 Å². The van der Waals surface area contributed by atoms with Crippen LogP contribution in [0.25, 0.3) is 10.8 Å². The van der Waals surface area contributed by atoms with Gasteiger partial charge < -0.3 is 4.43 Å². The first kappa shape index (κ1) is 21.0. The second-order valence-corrected chi connectivity index (χ2v) is 13.5. The maximum absolute atomic E-state index is 12.6. The van der Waals surface area contributed by atoms with E-state index in [0.29, 0.717) is 5.56 Å². The summed E-state index contributed by atoms with van der Waals surface area (Å²) < 4.78 is 6.70. The van der Waals surface area contributed by atoms with Gasteiger partial charge in [-0.2, -0.15) is 0 Å². The summed E-state index contributed by atoms with van der Waals surface area (Å²) in [6.45, 7) is 11.1. The molecule has 0 aliphatic heterocycles. The topological polar surface area (TPSA) is 26.3 Å². The fourth-order valence-corrected chi connectivity index (χ4v) is 4.04. The van der Waals surface area contributed by atoms with Crippen molar-refractivity contribution < 1.29 is 9.22 Å². The van der Waals surface area contributed by atoms with E-state index in [1.165, 1.54) is 0 Å². The third kappa shape index (κ3) is 4.85. The Morgan fingerprint density at radius 2 is 1.52 bits per heavy atom. The van der Waals surface area contributed by atoms with Gasteiger partial charge in [-0.15, -0.1) is 0 Å². The predicted molar refractivity (Wildman–Crippen MR) is 124 cm³/mol. The average Bonchev–Trinajstić information content (AvgIpc) is 2.70. The van der Waals surface area contributed by atoms with E-state index >= 15 is 0 Å². The third-order valence-corrected chi connectivity index (χ3v) is 10.1. The van der Waals surface area contributed by atoms with Crippen LogP contribution in [-0.2, 0) is 4.43 Å². The minimum atomic E-state index is -2.10. The lowest BCUT2D eigenvalue weighted by molar-refractivity contribution is 0.105. The fraction of sp³-hybridized carbons (Fsp3) is 0.269. The second-order valence-electron chi connectivity index (χ2n) is 8.79. The van der Waals surface area contributed by atoms with Crippen LogP contribution < -0.4 is 0 Å². The molecule has 0 heterocycles. The highest BCUT2D eigenvalue weighted by atomic mass is 28.4. The van der Waals surface area contributed by atoms with Gasteiger partial charge in [-0.25, -0.2) is 0 Å². The molecule has 3 rings (SSSR count). The number of ketones is 1. The summed E-state index contributed by atoms with van der Waals surface area (Å²) in [7, 11) is -2.10. The molecule has 1 atom stereocenters. The number of benzene rings is 3. The Bertz CT molecular complexity index is 1060. The minimum Gasteiger partial charge on any atom is -0.399 e. The number of fused-ring (bicyclic) bond motifs is 1. The van der Waals surface area contributed by atoms with Crippen LogP contribution in [-0.4, -0.2) is 14.1 Å². The second kappa shape index (κ2) is 8.37. The minimum absolute atomic E-state index is 0.0426. The Hall–Kier alpha value is -2.67. The molecule has 0 aliphatic carbocycles. The monoisotopic (exact) mass is 400 g/mol. The van der Waals surface area contributed by atoms with Crippen molar-refractivity contribution in [1.29, 1.82) is 0 Å². The molecule has 0 radical (unpaired) electrons. The molecule has 148 valence electrons. The van der Waals surface area contributed by atoms with Crippen molar-refractivity contribution in [2.45, 2.75) is 45.0 Å². The molecule has 3 aromatic rings. The van der Waals surface area contributed by atoms with Gasteiger partial charge >= 0.3 is 0 Å². The van der Waals surface area contributed by atoms with Gasteiger partial charge in [0.05, 0.1) is 0 Å². The van der Waals surface area contributed by atoms with Crippen molar-refractivity contribution in [2.75, 3.05) is 0 Å². The van der Waals surface area contributed by atoms with E-state index in [4.69, 9.17) is 4.43 Å². The highest BCUT2D eigenvalue weighted by Crippen LogP contribution is 2.40. The Labute approximate surface area is 175 Å². The molecule has 1 unspecified atom stereocenters. The van der Waals surface area contributed by atoms with Gasteiger partial charge in [0, 0.05) is 5.56 Å². The molecule has 0 aliphatic rings. The summed E-state index contributed by atoms with van der Waals surface area (Å²) >= 11 is 0. The molecule has 2 nitrogen and oxygen atoms in total. The lowest BCUT2D eigenvalue weighted by atomic mass is 10.0. The van der Waals surface area contributed by atoms with E-state index in [9.17, 15) is 4.79 Å². The van der Waals surface area contributed by atoms with E-state index < -0.39 is 14.4 Å². The van der Waals surface area contributed by atoms with Gasteiger partial charge in [-0.1, -0.05) is 99.5 Å². The van der Waals surface area contributed by atoms with Crippen LogP contribution in [0.1, 0.15) is 42.8 Å². The first-order valence-corrected chi connectivity index (χ1v) is 12.9. The summed E-state index contributed by atoms with van der Waals surface area (Å²) in [4.78, 5) is 12.6. The number of Topliss-reactive ketones (excluding diaryl/α,β-unsaturated/α-hetero) is 1. The molecular formula is C26H28O2Si. The number of carbonyl (C=O) groups excluding carboxylic acids is 1. The van der Waals surface area contributed by atoms with E-state index in [2.05, 4.69) is 70.0 Å². The number of hydrogen-bond donors (Lipinski definition) is 0. The van der Waals surface area contributed by atoms with E-state index in [1.807, 2.05) is 36.4 Å². The Morgan fingerprint density at radius 3 is 2.21 bits per heavy atom. The lowest BCUT2D eigenvalue weighted by Gasteiger charge is -2.38. The third-order valence-electron chi connectivity index (χ3n) is 5.68. The first-order chi connectivity index (χ1) is 13.7. The average molecular weight is 401 g/mol. The van der Waals surface area contributed by atoms with Crippen molar-refractivity contribution in [2.24, 2.45) is 0 Å². The van der Waals surface area contributed by atoms with Crippen LogP contribution >= 0.6 is 0 Å². The molecule has 0 aromatic heterocycles. The molecule has 0 amide bonds. The maximum atomic E-state index is 12.6. The fourth-order valence-electron chi connectivity index (χ4n) is 2.91. The molecule has 0 fully saturated rings. The van der Waals surface area contributed by atoms with E-state index in [0.717, 1.165) is 16.3 Å². The zero-order valence-corrected chi connectivity index (χ0v) is 18.8. The number of carbonyl (C=O) groups is 1. The molecule has 29 heavy (non-hydrogen) atoms. The zero-order valence-electron chi connectivity index (χ0n) is 17.8. The quantitative estimate of drug-likeness (QED) is 0.209. The standard InChI is InChI=1S/C26H28O2Si/c1-26(2,3)29(4,5)28-25(19-18-24(27)21-13-7-6-8-14-21)23-17-11-15-20-12-9-10-16-22(20)23/h6-17,25H,1-5H3. The van der Waals surface area contributed by atoms with Crippen LogP contribution in [0.4, 0.5) is 0 Å². The highest BCUT2D eigenvalue weighted by Gasteiger charge is 2.39. The Morgan fingerprint density at radius 1 is 0.897 bits per heavy atom. The Kier molecular flexibility index (Phi) is 6.07. The number of hydrogen-bond acceptors (Lipinski definition) is 2. The summed E-state index contributed by atoms with van der Waals surface area (Å²) in [5, 5.41) is 2.30. The summed E-state index contributed by atoms with van der Waals surface area (Å²) in [6.07, 6.45) is -0.449. The lowest BCUT2D eigenvalue weighted by Crippen LogP contribution is -2.41. The molecular weight excluding hydrogens is 372 g/mol. The Balaban J connectivity index is 2.06. The normalized spacial score (nSPS) is 12.9. The van der Waals surface area contributed by atoms with Crippen LogP contribution in [0.3, 0.4) is 0 Å². The largest absolute Gasteiger partial charge is 0.399 e. The molecule has 0 N–H and O–H groups in total. The highest BCUT2D eigenvalue weighted by molar-refractivity contribution is 6.74. The summed E-state index contributed by atoms with van der Waals surface area (Å²) in [6, 6.07) is 23.6. The van der Waals surface area contributed by atoms with Gasteiger partial charge in [0.1, 0.15) is 6.10 Å². The van der Waals surface area contributed by atoms with E-state index in [-0.39, 0.29) is 10.8 Å². The van der Waals surface area contributed by atoms with Crippen molar-refractivity contribution in [1.82, 2.24) is 0 Å². The van der Waals surface area contributed by atoms with Crippen LogP contribution in [0.2, 0.25) is 18.1 Å². The molecule has 3 aromatic carbocycles. The van der Waals surface area contributed by atoms with Crippen molar-refractivity contribution in [3.05, 3.63) is 83.9 Å².